The molecule has 0 radical (unpaired) electrons. The first-order valence-corrected chi connectivity index (χ1v) is 12.2. The summed E-state index contributed by atoms with van der Waals surface area (Å²) in [6, 6.07) is 17.1. The van der Waals surface area contributed by atoms with Gasteiger partial charge in [-0.2, -0.15) is 0 Å². The van der Waals surface area contributed by atoms with E-state index in [2.05, 4.69) is 10.6 Å². The first kappa shape index (κ1) is 26.1. The first-order valence-electron chi connectivity index (χ1n) is 10.9. The minimum absolute atomic E-state index is 0.0809. The van der Waals surface area contributed by atoms with E-state index in [1.54, 1.807) is 24.3 Å². The van der Waals surface area contributed by atoms with Crippen molar-refractivity contribution >= 4 is 28.8 Å². The number of carboxylic acids is 1. The van der Waals surface area contributed by atoms with Gasteiger partial charge in [-0.3, -0.25) is 9.00 Å². The molecule has 3 N–H and O–H groups in total. The molecule has 0 aliphatic carbocycles. The molecule has 2 amide bonds. The topological polar surface area (TPSA) is 122 Å². The molecule has 178 valence electrons. The van der Waals surface area contributed by atoms with Crippen molar-refractivity contribution in [3.8, 4) is 0 Å². The van der Waals surface area contributed by atoms with Crippen molar-refractivity contribution in [1.82, 2.24) is 10.6 Å². The summed E-state index contributed by atoms with van der Waals surface area (Å²) in [4.78, 5) is 35.8. The van der Waals surface area contributed by atoms with Crippen LogP contribution in [0.3, 0.4) is 0 Å². The van der Waals surface area contributed by atoms with E-state index in [9.17, 15) is 23.7 Å². The third-order valence-electron chi connectivity index (χ3n) is 4.79. The second-order valence-electron chi connectivity index (χ2n) is 7.41. The molecule has 0 aromatic heterocycles. The number of carbonyl (C=O) groups is 3. The Labute approximate surface area is 196 Å². The highest BCUT2D eigenvalue weighted by Gasteiger charge is 2.20. The lowest BCUT2D eigenvalue weighted by atomic mass is 10.1. The summed E-state index contributed by atoms with van der Waals surface area (Å²) < 4.78 is 17.4. The maximum absolute atomic E-state index is 12.3. The number of aliphatic carboxylic acids is 1. The molecule has 2 aromatic rings. The van der Waals surface area contributed by atoms with E-state index >= 15 is 0 Å². The Morgan fingerprint density at radius 1 is 0.939 bits per heavy atom. The van der Waals surface area contributed by atoms with E-state index in [1.165, 1.54) is 0 Å². The number of hydrogen-bond donors (Lipinski definition) is 3. The van der Waals surface area contributed by atoms with Crippen LogP contribution >= 0.6 is 0 Å². The van der Waals surface area contributed by atoms with Gasteiger partial charge in [0, 0.05) is 23.6 Å². The number of amides is 2. The summed E-state index contributed by atoms with van der Waals surface area (Å²) in [6.07, 6.45) is 1.71. The standard InChI is InChI=1S/C24H30N2O6S/c27-22(26-21(23(28)29)15-17-33(31)20-12-6-2-7-13-20)14-8-3-9-16-25-24(30)32-18-19-10-4-1-5-11-19/h1-2,4-7,10-13,21H,3,8-9,14-18H2,(H,25,30)(H,26,27)(H,28,29)/t21-,33-/m1/s1. The monoisotopic (exact) mass is 474 g/mol. The highest BCUT2D eigenvalue weighted by atomic mass is 32.2. The fourth-order valence-corrected chi connectivity index (χ4v) is 4.14. The summed E-state index contributed by atoms with van der Waals surface area (Å²) in [6.45, 7) is 0.634. The van der Waals surface area contributed by atoms with Gasteiger partial charge < -0.3 is 20.5 Å². The Morgan fingerprint density at radius 3 is 2.27 bits per heavy atom. The van der Waals surface area contributed by atoms with Gasteiger partial charge in [0.15, 0.2) is 0 Å². The molecule has 33 heavy (non-hydrogen) atoms. The zero-order chi connectivity index (χ0) is 23.9. The molecule has 9 heteroatoms. The van der Waals surface area contributed by atoms with Gasteiger partial charge in [-0.1, -0.05) is 55.0 Å². The minimum atomic E-state index is -1.32. The van der Waals surface area contributed by atoms with Crippen molar-refractivity contribution in [2.24, 2.45) is 0 Å². The Kier molecular flexibility index (Phi) is 11.7. The molecule has 0 spiro atoms. The van der Waals surface area contributed by atoms with Crippen molar-refractivity contribution in [3.63, 3.8) is 0 Å². The van der Waals surface area contributed by atoms with Crippen molar-refractivity contribution in [2.45, 2.75) is 49.6 Å². The van der Waals surface area contributed by atoms with Crippen LogP contribution in [0.2, 0.25) is 0 Å². The largest absolute Gasteiger partial charge is 0.480 e. The van der Waals surface area contributed by atoms with Crippen molar-refractivity contribution in [2.75, 3.05) is 12.3 Å². The highest BCUT2D eigenvalue weighted by molar-refractivity contribution is 7.85. The predicted octanol–water partition coefficient (Wildman–Crippen LogP) is 3.24. The third kappa shape index (κ3) is 10.8. The van der Waals surface area contributed by atoms with Gasteiger partial charge in [0.1, 0.15) is 12.6 Å². The van der Waals surface area contributed by atoms with Crippen molar-refractivity contribution in [1.29, 1.82) is 0 Å². The molecule has 0 bridgehead atoms. The molecule has 2 aromatic carbocycles. The van der Waals surface area contributed by atoms with Gasteiger partial charge in [0.25, 0.3) is 0 Å². The van der Waals surface area contributed by atoms with Crippen LogP contribution in [0.5, 0.6) is 0 Å². The second-order valence-corrected chi connectivity index (χ2v) is 8.98. The van der Waals surface area contributed by atoms with E-state index in [0.717, 1.165) is 5.56 Å². The van der Waals surface area contributed by atoms with Crippen LogP contribution in [-0.2, 0) is 31.7 Å². The fourth-order valence-electron chi connectivity index (χ4n) is 2.99. The van der Waals surface area contributed by atoms with E-state index in [-0.39, 0.29) is 31.1 Å². The number of carbonyl (C=O) groups excluding carboxylic acids is 2. The van der Waals surface area contributed by atoms with E-state index in [1.807, 2.05) is 36.4 Å². The first-order chi connectivity index (χ1) is 16.0. The quantitative estimate of drug-likeness (QED) is 0.361. The third-order valence-corrected chi connectivity index (χ3v) is 6.20. The number of unbranched alkanes of at least 4 members (excludes halogenated alkanes) is 2. The number of carboxylic acid groups (broad SMARTS) is 1. The summed E-state index contributed by atoms with van der Waals surface area (Å²) >= 11 is 0. The molecule has 0 unspecified atom stereocenters. The molecule has 2 atom stereocenters. The van der Waals surface area contributed by atoms with Crippen LogP contribution in [-0.4, -0.2) is 45.6 Å². The van der Waals surface area contributed by atoms with E-state index in [4.69, 9.17) is 4.74 Å². The summed E-state index contributed by atoms with van der Waals surface area (Å²) in [5.41, 5.74) is 0.907. The zero-order valence-corrected chi connectivity index (χ0v) is 19.2. The number of rotatable bonds is 14. The molecule has 0 fully saturated rings. The average Bonchev–Trinajstić information content (AvgIpc) is 2.83. The normalized spacial score (nSPS) is 12.4. The number of hydrogen-bond acceptors (Lipinski definition) is 5. The van der Waals surface area contributed by atoms with Crippen LogP contribution in [0, 0.1) is 0 Å². The zero-order valence-electron chi connectivity index (χ0n) is 18.4. The van der Waals surface area contributed by atoms with Gasteiger partial charge in [-0.05, 0) is 37.0 Å². The lowest BCUT2D eigenvalue weighted by molar-refractivity contribution is -0.141. The van der Waals surface area contributed by atoms with Crippen molar-refractivity contribution < 1.29 is 28.4 Å². The van der Waals surface area contributed by atoms with E-state index in [0.29, 0.717) is 30.7 Å². The lowest BCUT2D eigenvalue weighted by Crippen LogP contribution is -2.41. The highest BCUT2D eigenvalue weighted by Crippen LogP contribution is 2.08. The van der Waals surface area contributed by atoms with E-state index < -0.39 is 28.9 Å². The average molecular weight is 475 g/mol. The van der Waals surface area contributed by atoms with Crippen molar-refractivity contribution in [3.05, 3.63) is 66.2 Å². The Hall–Kier alpha value is -3.20. The Bertz CT molecular complexity index is 908. The maximum Gasteiger partial charge on any atom is 0.407 e. The molecular weight excluding hydrogens is 444 g/mol. The van der Waals surface area contributed by atoms with Gasteiger partial charge >= 0.3 is 12.1 Å². The molecule has 0 aliphatic heterocycles. The van der Waals surface area contributed by atoms with Crippen LogP contribution in [0.25, 0.3) is 0 Å². The smallest absolute Gasteiger partial charge is 0.407 e. The number of nitrogens with one attached hydrogen (secondary N) is 2. The fraction of sp³-hybridized carbons (Fsp3) is 0.375. The van der Waals surface area contributed by atoms with Crippen LogP contribution < -0.4 is 10.6 Å². The number of alkyl carbamates (subject to hydrolysis) is 1. The van der Waals surface area contributed by atoms with Crippen LogP contribution in [0.4, 0.5) is 4.79 Å². The minimum Gasteiger partial charge on any atom is -0.480 e. The van der Waals surface area contributed by atoms with Gasteiger partial charge in [-0.25, -0.2) is 9.59 Å². The molecule has 8 nitrogen and oxygen atoms in total. The van der Waals surface area contributed by atoms with Gasteiger partial charge in [0.05, 0.1) is 10.8 Å². The molecule has 0 saturated carbocycles. The summed E-state index contributed by atoms with van der Waals surface area (Å²) in [5, 5.41) is 14.5. The van der Waals surface area contributed by atoms with Crippen LogP contribution in [0.15, 0.2) is 65.6 Å². The number of ether oxygens (including phenoxy) is 1. The SMILES string of the molecule is O=C(CCCCCNC(=O)OCc1ccccc1)N[C@H](CC[S@@](=O)c1ccccc1)C(=O)O. The summed E-state index contributed by atoms with van der Waals surface area (Å²) in [5.74, 6) is -1.36. The Balaban J connectivity index is 1.56. The maximum atomic E-state index is 12.3. The summed E-state index contributed by atoms with van der Waals surface area (Å²) in [7, 11) is -1.32. The Morgan fingerprint density at radius 2 is 1.61 bits per heavy atom. The molecule has 0 aliphatic rings. The lowest BCUT2D eigenvalue weighted by Gasteiger charge is -2.14. The molecule has 2 rings (SSSR count). The molecule has 0 heterocycles. The molecule has 0 saturated heterocycles. The second kappa shape index (κ2) is 14.8. The van der Waals surface area contributed by atoms with Gasteiger partial charge in [-0.15, -0.1) is 0 Å². The molecular formula is C24H30N2O6S. The number of benzene rings is 2. The predicted molar refractivity (Wildman–Crippen MR) is 125 cm³/mol. The van der Waals surface area contributed by atoms with Gasteiger partial charge in [0.2, 0.25) is 5.91 Å². The van der Waals surface area contributed by atoms with Crippen LogP contribution in [0.1, 0.15) is 37.7 Å².